The van der Waals surface area contributed by atoms with Crippen LogP contribution in [0.3, 0.4) is 0 Å². The maximum absolute atomic E-state index is 12.9. The molecule has 2 aromatic heterocycles. The number of aromatic nitrogens is 4. The van der Waals surface area contributed by atoms with Gasteiger partial charge in [0.2, 0.25) is 5.91 Å². The Morgan fingerprint density at radius 2 is 1.97 bits per heavy atom. The van der Waals surface area contributed by atoms with E-state index in [4.69, 9.17) is 4.74 Å². The smallest absolute Gasteiger partial charge is 0.436 e. The number of amides is 1. The molecule has 0 unspecified atom stereocenters. The average molecular weight is 480 g/mol. The molecule has 0 bridgehead atoms. The van der Waals surface area contributed by atoms with Gasteiger partial charge in [0.1, 0.15) is 0 Å². The first kappa shape index (κ1) is 22.9. The number of nitrogens with zero attached hydrogens (tertiary/aromatic N) is 4. The number of anilines is 1. The molecule has 12 heteroatoms. The summed E-state index contributed by atoms with van der Waals surface area (Å²) < 4.78 is 46.3. The number of hydrogen-bond donors (Lipinski definition) is 1. The van der Waals surface area contributed by atoms with E-state index in [1.807, 2.05) is 6.92 Å². The highest BCUT2D eigenvalue weighted by Crippen LogP contribution is 2.35. The van der Waals surface area contributed by atoms with Gasteiger partial charge >= 0.3 is 12.1 Å². The van der Waals surface area contributed by atoms with E-state index in [2.05, 4.69) is 31.4 Å². The Morgan fingerprint density at radius 1 is 1.31 bits per heavy atom. The van der Waals surface area contributed by atoms with E-state index in [9.17, 15) is 22.8 Å². The second-order valence-electron chi connectivity index (χ2n) is 6.47. The van der Waals surface area contributed by atoms with Crippen molar-refractivity contribution in [3.63, 3.8) is 0 Å². The molecular formula is C17H21BrF3N5O3. The van der Waals surface area contributed by atoms with Crippen molar-refractivity contribution >= 4 is 33.5 Å². The van der Waals surface area contributed by atoms with Gasteiger partial charge in [0.05, 0.1) is 28.5 Å². The SMILES string of the molecule is CCn1cc(NC(=O)CCn2nc(C(F)(F)F)c(Br)c2C)c(C(=O)OC(C)C)n1. The highest BCUT2D eigenvalue weighted by atomic mass is 79.9. The van der Waals surface area contributed by atoms with Crippen LogP contribution in [-0.2, 0) is 28.8 Å². The predicted molar refractivity (Wildman–Crippen MR) is 101 cm³/mol. The number of esters is 1. The third-order valence-corrected chi connectivity index (χ3v) is 4.80. The molecule has 0 aliphatic rings. The largest absolute Gasteiger partial charge is 0.458 e. The molecule has 0 atom stereocenters. The fraction of sp³-hybridized carbons (Fsp3) is 0.529. The van der Waals surface area contributed by atoms with Gasteiger partial charge in [-0.05, 0) is 43.6 Å². The first-order chi connectivity index (χ1) is 13.4. The predicted octanol–water partition coefficient (Wildman–Crippen LogP) is 3.78. The van der Waals surface area contributed by atoms with Crippen molar-refractivity contribution < 1.29 is 27.5 Å². The number of carbonyl (C=O) groups excluding carboxylic acids is 2. The quantitative estimate of drug-likeness (QED) is 0.610. The monoisotopic (exact) mass is 479 g/mol. The third-order valence-electron chi connectivity index (χ3n) is 3.85. The Morgan fingerprint density at radius 3 is 2.48 bits per heavy atom. The Labute approximate surface area is 173 Å². The van der Waals surface area contributed by atoms with Gasteiger partial charge in [0.25, 0.3) is 0 Å². The second kappa shape index (κ2) is 8.97. The molecule has 160 valence electrons. The number of nitrogens with one attached hydrogen (secondary N) is 1. The minimum atomic E-state index is -4.60. The highest BCUT2D eigenvalue weighted by molar-refractivity contribution is 9.10. The summed E-state index contributed by atoms with van der Waals surface area (Å²) >= 11 is 2.89. The lowest BCUT2D eigenvalue weighted by atomic mass is 10.3. The molecule has 0 aliphatic heterocycles. The van der Waals surface area contributed by atoms with Crippen molar-refractivity contribution in [3.05, 3.63) is 27.8 Å². The van der Waals surface area contributed by atoms with Crippen molar-refractivity contribution in [2.45, 2.75) is 59.5 Å². The topological polar surface area (TPSA) is 91.0 Å². The van der Waals surface area contributed by atoms with Crippen LogP contribution in [0.5, 0.6) is 0 Å². The summed E-state index contributed by atoms with van der Waals surface area (Å²) in [5.41, 5.74) is -0.647. The zero-order valence-corrected chi connectivity index (χ0v) is 17.9. The van der Waals surface area contributed by atoms with Crippen LogP contribution in [0.1, 0.15) is 49.1 Å². The first-order valence-electron chi connectivity index (χ1n) is 8.82. The minimum absolute atomic E-state index is 0.0359. The van der Waals surface area contributed by atoms with Gasteiger partial charge < -0.3 is 10.1 Å². The summed E-state index contributed by atoms with van der Waals surface area (Å²) in [6.07, 6.45) is -3.62. The van der Waals surface area contributed by atoms with Crippen molar-refractivity contribution in [1.29, 1.82) is 0 Å². The molecule has 2 aromatic rings. The summed E-state index contributed by atoms with van der Waals surface area (Å²) in [5, 5.41) is 10.2. The second-order valence-corrected chi connectivity index (χ2v) is 7.26. The summed E-state index contributed by atoms with van der Waals surface area (Å²) in [4.78, 5) is 24.5. The molecule has 1 amide bonds. The normalized spacial score (nSPS) is 11.8. The maximum atomic E-state index is 12.9. The number of alkyl halides is 3. The third kappa shape index (κ3) is 5.58. The molecule has 0 aliphatic carbocycles. The van der Waals surface area contributed by atoms with E-state index in [-0.39, 0.29) is 40.6 Å². The van der Waals surface area contributed by atoms with Crippen molar-refractivity contribution in [2.24, 2.45) is 0 Å². The molecule has 0 radical (unpaired) electrons. The van der Waals surface area contributed by atoms with Crippen LogP contribution in [0.25, 0.3) is 0 Å². The summed E-state index contributed by atoms with van der Waals surface area (Å²) in [6, 6.07) is 0. The molecule has 0 aromatic carbocycles. The minimum Gasteiger partial charge on any atom is -0.458 e. The average Bonchev–Trinajstić information content (AvgIpc) is 3.14. The van der Waals surface area contributed by atoms with Crippen LogP contribution in [0.15, 0.2) is 10.7 Å². The Kier molecular flexibility index (Phi) is 7.09. The highest BCUT2D eigenvalue weighted by Gasteiger charge is 2.37. The van der Waals surface area contributed by atoms with Gasteiger partial charge in [-0.15, -0.1) is 0 Å². The summed E-state index contributed by atoms with van der Waals surface area (Å²) in [6.45, 7) is 7.06. The molecular weight excluding hydrogens is 459 g/mol. The lowest BCUT2D eigenvalue weighted by Crippen LogP contribution is -2.19. The number of carbonyl (C=O) groups is 2. The number of rotatable bonds is 7. The van der Waals surface area contributed by atoms with E-state index in [0.717, 1.165) is 4.68 Å². The molecule has 0 spiro atoms. The van der Waals surface area contributed by atoms with Crippen molar-refractivity contribution in [2.75, 3.05) is 5.32 Å². The first-order valence-corrected chi connectivity index (χ1v) is 9.61. The zero-order valence-electron chi connectivity index (χ0n) is 16.3. The van der Waals surface area contributed by atoms with Crippen LogP contribution in [0.2, 0.25) is 0 Å². The van der Waals surface area contributed by atoms with E-state index in [0.29, 0.717) is 6.54 Å². The Bertz CT molecular complexity index is 905. The van der Waals surface area contributed by atoms with Crippen LogP contribution >= 0.6 is 15.9 Å². The van der Waals surface area contributed by atoms with Gasteiger partial charge in [-0.2, -0.15) is 23.4 Å². The van der Waals surface area contributed by atoms with E-state index in [1.165, 1.54) is 17.8 Å². The van der Waals surface area contributed by atoms with Gasteiger partial charge in [-0.25, -0.2) is 4.79 Å². The van der Waals surface area contributed by atoms with Gasteiger partial charge in [0, 0.05) is 19.2 Å². The molecule has 2 rings (SSSR count). The lowest BCUT2D eigenvalue weighted by Gasteiger charge is -2.08. The van der Waals surface area contributed by atoms with Crippen molar-refractivity contribution in [3.8, 4) is 0 Å². The Balaban J connectivity index is 2.11. The summed E-state index contributed by atoms with van der Waals surface area (Å²) in [5.74, 6) is -1.18. The maximum Gasteiger partial charge on any atom is 0.436 e. The van der Waals surface area contributed by atoms with Gasteiger partial charge in [0.15, 0.2) is 11.4 Å². The van der Waals surface area contributed by atoms with Gasteiger partial charge in [-0.1, -0.05) is 0 Å². The number of ether oxygens (including phenoxy) is 1. The molecule has 0 saturated heterocycles. The number of hydrogen-bond acceptors (Lipinski definition) is 5. The van der Waals surface area contributed by atoms with Gasteiger partial charge in [-0.3, -0.25) is 14.2 Å². The van der Waals surface area contributed by atoms with E-state index in [1.54, 1.807) is 13.8 Å². The van der Waals surface area contributed by atoms with Crippen LogP contribution in [0.4, 0.5) is 18.9 Å². The molecule has 8 nitrogen and oxygen atoms in total. The molecule has 2 heterocycles. The fourth-order valence-corrected chi connectivity index (χ4v) is 2.95. The van der Waals surface area contributed by atoms with E-state index >= 15 is 0 Å². The number of aryl methyl sites for hydroxylation is 2. The lowest BCUT2D eigenvalue weighted by molar-refractivity contribution is -0.142. The molecule has 1 N–H and O–H groups in total. The zero-order chi connectivity index (χ0) is 21.9. The molecule has 29 heavy (non-hydrogen) atoms. The van der Waals surface area contributed by atoms with Crippen LogP contribution in [-0.4, -0.2) is 37.5 Å². The standard InChI is InChI=1S/C17H21BrF3N5O3/c1-5-25-8-11(14(23-25)16(28)29-9(2)3)22-12(27)6-7-26-10(4)13(18)15(24-26)17(19,20)21/h8-9H,5-7H2,1-4H3,(H,22,27). The number of halogens is 4. The van der Waals surface area contributed by atoms with Crippen LogP contribution < -0.4 is 5.32 Å². The van der Waals surface area contributed by atoms with E-state index < -0.39 is 23.7 Å². The summed E-state index contributed by atoms with van der Waals surface area (Å²) in [7, 11) is 0. The molecule has 0 fully saturated rings. The van der Waals surface area contributed by atoms with Crippen molar-refractivity contribution in [1.82, 2.24) is 19.6 Å². The fourth-order valence-electron chi connectivity index (χ4n) is 2.44. The van der Waals surface area contributed by atoms with Crippen LogP contribution in [0, 0.1) is 6.92 Å². The Hall–Kier alpha value is -2.37. The molecule has 0 saturated carbocycles.